The van der Waals surface area contributed by atoms with Crippen molar-refractivity contribution in [3.8, 4) is 0 Å². The predicted octanol–water partition coefficient (Wildman–Crippen LogP) is 1.10. The fourth-order valence-electron chi connectivity index (χ4n) is 2.39. The third kappa shape index (κ3) is 4.21. The smallest absolute Gasteiger partial charge is 0.232 e. The lowest BCUT2D eigenvalue weighted by Gasteiger charge is -2.36. The monoisotopic (exact) mass is 271 g/mol. The first kappa shape index (κ1) is 15.4. The predicted molar refractivity (Wildman–Crippen MR) is 78.4 cm³/mol. The number of nitrogens with zero attached hydrogens (tertiary/aromatic N) is 2. The van der Waals surface area contributed by atoms with Crippen molar-refractivity contribution < 1.29 is 4.79 Å². The first-order chi connectivity index (χ1) is 8.45. The van der Waals surface area contributed by atoms with E-state index in [0.29, 0.717) is 17.3 Å². The molecule has 0 aromatic carbocycles. The molecule has 1 aliphatic heterocycles. The molecule has 0 spiro atoms. The summed E-state index contributed by atoms with van der Waals surface area (Å²) in [7, 11) is 0. The molecule has 1 fully saturated rings. The maximum absolute atomic E-state index is 12.2. The molecule has 0 aliphatic carbocycles. The van der Waals surface area contributed by atoms with Gasteiger partial charge in [0.1, 0.15) is 0 Å². The van der Waals surface area contributed by atoms with Crippen LogP contribution in [0.15, 0.2) is 0 Å². The van der Waals surface area contributed by atoms with Gasteiger partial charge in [-0.2, -0.15) is 0 Å². The van der Waals surface area contributed by atoms with Crippen LogP contribution < -0.4 is 5.73 Å². The van der Waals surface area contributed by atoms with Crippen LogP contribution in [0.4, 0.5) is 0 Å². The average molecular weight is 271 g/mol. The number of carbonyl (C=O) groups excluding carboxylic acids is 1. The minimum Gasteiger partial charge on any atom is -0.393 e. The van der Waals surface area contributed by atoms with Gasteiger partial charge in [0.25, 0.3) is 0 Å². The normalized spacial score (nSPS) is 19.0. The fourth-order valence-corrected chi connectivity index (χ4v) is 2.65. The van der Waals surface area contributed by atoms with Crippen LogP contribution in [0, 0.1) is 11.8 Å². The van der Waals surface area contributed by atoms with Gasteiger partial charge in [0.2, 0.25) is 5.91 Å². The minimum atomic E-state index is -0.281. The van der Waals surface area contributed by atoms with Gasteiger partial charge in [0.15, 0.2) is 0 Å². The Kier molecular flexibility index (Phi) is 6.02. The van der Waals surface area contributed by atoms with E-state index in [2.05, 4.69) is 18.7 Å². The van der Waals surface area contributed by atoms with Gasteiger partial charge < -0.3 is 10.6 Å². The maximum atomic E-state index is 12.2. The van der Waals surface area contributed by atoms with E-state index >= 15 is 0 Å². The second kappa shape index (κ2) is 7.04. The van der Waals surface area contributed by atoms with Gasteiger partial charge in [-0.3, -0.25) is 9.69 Å². The lowest BCUT2D eigenvalue weighted by atomic mass is 10.0. The molecule has 1 amide bonds. The van der Waals surface area contributed by atoms with Gasteiger partial charge in [-0.1, -0.05) is 33.0 Å². The molecule has 0 bridgehead atoms. The molecule has 1 rings (SSSR count). The summed E-state index contributed by atoms with van der Waals surface area (Å²) in [5, 5.41) is 0. The third-order valence-corrected chi connectivity index (χ3v) is 3.64. The van der Waals surface area contributed by atoms with Crippen molar-refractivity contribution in [2.75, 3.05) is 32.7 Å². The highest BCUT2D eigenvalue weighted by molar-refractivity contribution is 7.80. The number of nitrogens with two attached hydrogens (primary N) is 1. The van der Waals surface area contributed by atoms with Gasteiger partial charge in [0, 0.05) is 32.7 Å². The molecule has 0 aromatic rings. The number of thiocarbonyl (C=S) groups is 1. The quantitative estimate of drug-likeness (QED) is 0.761. The summed E-state index contributed by atoms with van der Waals surface area (Å²) in [4.78, 5) is 16.9. The molecule has 2 N–H and O–H groups in total. The lowest BCUT2D eigenvalue weighted by molar-refractivity contribution is -0.135. The topological polar surface area (TPSA) is 49.6 Å². The summed E-state index contributed by atoms with van der Waals surface area (Å²) >= 11 is 4.96. The second-order valence-electron chi connectivity index (χ2n) is 5.38. The molecule has 18 heavy (non-hydrogen) atoms. The molecule has 1 aliphatic rings. The Bertz CT molecular complexity index is 299. The van der Waals surface area contributed by atoms with Crippen molar-refractivity contribution in [1.29, 1.82) is 0 Å². The molecule has 1 saturated heterocycles. The highest BCUT2D eigenvalue weighted by atomic mass is 32.1. The van der Waals surface area contributed by atoms with Crippen molar-refractivity contribution in [3.63, 3.8) is 0 Å². The number of piperazine rings is 1. The SMILES string of the molecule is CCC(C(=O)N1CCN(CC(C)C)CC1)C(N)=S. The standard InChI is InChI=1S/C13H25N3OS/c1-4-11(12(14)18)13(17)16-7-5-15(6-8-16)9-10(2)3/h10-11H,4-9H2,1-3H3,(H2,14,18). The molecule has 0 saturated carbocycles. The summed E-state index contributed by atoms with van der Waals surface area (Å²) in [5.41, 5.74) is 5.62. The van der Waals surface area contributed by atoms with E-state index in [1.54, 1.807) is 0 Å². The molecular formula is C13H25N3OS. The van der Waals surface area contributed by atoms with Crippen LogP contribution in [-0.4, -0.2) is 53.4 Å². The van der Waals surface area contributed by atoms with Gasteiger partial charge >= 0.3 is 0 Å². The average Bonchev–Trinajstić information content (AvgIpc) is 2.29. The molecule has 1 atom stereocenters. The van der Waals surface area contributed by atoms with Gasteiger partial charge in [-0.05, 0) is 12.3 Å². The number of hydrogen-bond acceptors (Lipinski definition) is 3. The van der Waals surface area contributed by atoms with E-state index in [4.69, 9.17) is 18.0 Å². The Labute approximate surface area is 115 Å². The fraction of sp³-hybridized carbons (Fsp3) is 0.846. The van der Waals surface area contributed by atoms with Crippen LogP contribution in [0.5, 0.6) is 0 Å². The summed E-state index contributed by atoms with van der Waals surface area (Å²) in [6, 6.07) is 0. The van der Waals surface area contributed by atoms with Gasteiger partial charge in [-0.15, -0.1) is 0 Å². The zero-order chi connectivity index (χ0) is 13.7. The minimum absolute atomic E-state index is 0.106. The van der Waals surface area contributed by atoms with Crippen LogP contribution >= 0.6 is 12.2 Å². The Hall–Kier alpha value is -0.680. The van der Waals surface area contributed by atoms with E-state index in [9.17, 15) is 4.79 Å². The Balaban J connectivity index is 2.47. The number of amides is 1. The van der Waals surface area contributed by atoms with Gasteiger partial charge in [0.05, 0.1) is 10.9 Å². The largest absolute Gasteiger partial charge is 0.393 e. The van der Waals surface area contributed by atoms with E-state index < -0.39 is 0 Å². The lowest BCUT2D eigenvalue weighted by Crippen LogP contribution is -2.52. The first-order valence-corrected chi connectivity index (χ1v) is 7.17. The van der Waals surface area contributed by atoms with E-state index in [1.807, 2.05) is 11.8 Å². The zero-order valence-electron chi connectivity index (χ0n) is 11.7. The molecule has 4 nitrogen and oxygen atoms in total. The summed E-state index contributed by atoms with van der Waals surface area (Å²) in [6.45, 7) is 11.0. The van der Waals surface area contributed by atoms with Crippen molar-refractivity contribution in [2.24, 2.45) is 17.6 Å². The molecule has 0 radical (unpaired) electrons. The Morgan fingerprint density at radius 2 is 1.83 bits per heavy atom. The number of carbonyl (C=O) groups is 1. The van der Waals surface area contributed by atoms with Gasteiger partial charge in [-0.25, -0.2) is 0 Å². The summed E-state index contributed by atoms with van der Waals surface area (Å²) < 4.78 is 0. The third-order valence-electron chi connectivity index (χ3n) is 3.36. The van der Waals surface area contributed by atoms with E-state index in [-0.39, 0.29) is 11.8 Å². The highest BCUT2D eigenvalue weighted by Gasteiger charge is 2.27. The molecular weight excluding hydrogens is 246 g/mol. The van der Waals surface area contributed by atoms with Crippen molar-refractivity contribution in [3.05, 3.63) is 0 Å². The summed E-state index contributed by atoms with van der Waals surface area (Å²) in [6.07, 6.45) is 0.695. The molecule has 104 valence electrons. The van der Waals surface area contributed by atoms with Crippen molar-refractivity contribution in [1.82, 2.24) is 9.80 Å². The van der Waals surface area contributed by atoms with Crippen molar-refractivity contribution >= 4 is 23.1 Å². The second-order valence-corrected chi connectivity index (χ2v) is 5.85. The van der Waals surface area contributed by atoms with Crippen LogP contribution in [0.25, 0.3) is 0 Å². The van der Waals surface area contributed by atoms with Crippen LogP contribution in [-0.2, 0) is 4.79 Å². The first-order valence-electron chi connectivity index (χ1n) is 6.76. The number of rotatable bonds is 5. The summed E-state index contributed by atoms with van der Waals surface area (Å²) in [5.74, 6) is 0.498. The van der Waals surface area contributed by atoms with Crippen molar-refractivity contribution in [2.45, 2.75) is 27.2 Å². The molecule has 5 heteroatoms. The molecule has 1 heterocycles. The maximum Gasteiger partial charge on any atom is 0.232 e. The molecule has 0 aromatic heterocycles. The van der Waals surface area contributed by atoms with E-state index in [0.717, 1.165) is 32.7 Å². The highest BCUT2D eigenvalue weighted by Crippen LogP contribution is 2.12. The van der Waals surface area contributed by atoms with Crippen LogP contribution in [0.1, 0.15) is 27.2 Å². The van der Waals surface area contributed by atoms with Crippen LogP contribution in [0.3, 0.4) is 0 Å². The zero-order valence-corrected chi connectivity index (χ0v) is 12.5. The number of hydrogen-bond donors (Lipinski definition) is 1. The van der Waals surface area contributed by atoms with Crippen LogP contribution in [0.2, 0.25) is 0 Å². The van der Waals surface area contributed by atoms with E-state index in [1.165, 1.54) is 0 Å². The Morgan fingerprint density at radius 1 is 1.28 bits per heavy atom. The Morgan fingerprint density at radius 3 is 2.22 bits per heavy atom. The molecule has 1 unspecified atom stereocenters.